The first-order chi connectivity index (χ1) is 15.1. The van der Waals surface area contributed by atoms with Gasteiger partial charge in [0.15, 0.2) is 0 Å². The minimum Gasteiger partial charge on any atom is -0.376 e. The lowest BCUT2D eigenvalue weighted by atomic mass is 9.63. The summed E-state index contributed by atoms with van der Waals surface area (Å²) in [5.74, 6) is 0.308. The van der Waals surface area contributed by atoms with E-state index in [1.165, 1.54) is 4.90 Å². The summed E-state index contributed by atoms with van der Waals surface area (Å²) >= 11 is 0. The van der Waals surface area contributed by atoms with E-state index in [9.17, 15) is 14.4 Å². The fourth-order valence-electron chi connectivity index (χ4n) is 6.56. The lowest BCUT2D eigenvalue weighted by Crippen LogP contribution is -2.52. The highest BCUT2D eigenvalue weighted by atomic mass is 16.5. The van der Waals surface area contributed by atoms with Crippen LogP contribution in [0.4, 0.5) is 0 Å². The van der Waals surface area contributed by atoms with Gasteiger partial charge in [0.25, 0.3) is 0 Å². The van der Waals surface area contributed by atoms with Crippen molar-refractivity contribution in [3.05, 3.63) is 48.0 Å². The first-order valence-electron chi connectivity index (χ1n) is 11.6. The minimum atomic E-state index is -0.815. The highest BCUT2D eigenvalue weighted by molar-refractivity contribution is 6.09. The van der Waals surface area contributed by atoms with Gasteiger partial charge in [0, 0.05) is 19.6 Å². The Morgan fingerprint density at radius 1 is 1.06 bits per heavy atom. The third-order valence-corrected chi connectivity index (χ3v) is 8.11. The van der Waals surface area contributed by atoms with E-state index in [2.05, 4.69) is 17.5 Å². The molecule has 7 rings (SSSR count). The maximum absolute atomic E-state index is 13.6. The highest BCUT2D eigenvalue weighted by Gasteiger charge is 2.67. The van der Waals surface area contributed by atoms with Gasteiger partial charge < -0.3 is 10.1 Å². The Balaban J connectivity index is 1.27. The Bertz CT molecular complexity index is 902. The van der Waals surface area contributed by atoms with Gasteiger partial charge in [-0.3, -0.25) is 19.3 Å². The third kappa shape index (κ3) is 3.06. The van der Waals surface area contributed by atoms with E-state index in [0.717, 1.165) is 31.4 Å². The number of likely N-dealkylation sites (tertiary alicyclic amines) is 1. The van der Waals surface area contributed by atoms with Gasteiger partial charge in [0.05, 0.1) is 17.9 Å². The molecule has 2 heterocycles. The van der Waals surface area contributed by atoms with Crippen LogP contribution in [-0.2, 0) is 25.5 Å². The van der Waals surface area contributed by atoms with Gasteiger partial charge in [-0.2, -0.15) is 0 Å². The van der Waals surface area contributed by atoms with Crippen molar-refractivity contribution < 1.29 is 19.1 Å². The van der Waals surface area contributed by atoms with Crippen LogP contribution >= 0.6 is 0 Å². The largest absolute Gasteiger partial charge is 0.376 e. The second kappa shape index (κ2) is 7.30. The predicted molar refractivity (Wildman–Crippen MR) is 112 cm³/mol. The normalized spacial score (nSPS) is 38.2. The second-order valence-corrected chi connectivity index (χ2v) is 9.79. The van der Waals surface area contributed by atoms with E-state index >= 15 is 0 Å². The highest BCUT2D eigenvalue weighted by Crippen LogP contribution is 2.65. The Morgan fingerprint density at radius 2 is 1.74 bits per heavy atom. The molecule has 0 spiro atoms. The Labute approximate surface area is 182 Å². The number of nitrogens with zero attached hydrogens (tertiary/aromatic N) is 1. The SMILES string of the molecule is O=C(NC[C@@H]1CCCO1)[C@H](Cc1ccccc1)N1C(=O)[C@@H]2[C@@H]3C=C[C@H]([C@H]4C[C@H]34)[C@@H]2C1=O. The molecule has 4 fully saturated rings. The molecule has 1 aromatic carbocycles. The number of carbonyl (C=O) groups excluding carboxylic acids is 3. The monoisotopic (exact) mass is 420 g/mol. The quantitative estimate of drug-likeness (QED) is 0.564. The van der Waals surface area contributed by atoms with E-state index in [1.54, 1.807) is 0 Å². The molecule has 2 saturated heterocycles. The zero-order valence-electron chi connectivity index (χ0n) is 17.5. The topological polar surface area (TPSA) is 75.7 Å². The van der Waals surface area contributed by atoms with E-state index in [-0.39, 0.29) is 47.5 Å². The maximum Gasteiger partial charge on any atom is 0.243 e. The number of amides is 3. The molecule has 1 aromatic rings. The summed E-state index contributed by atoms with van der Waals surface area (Å²) in [6.45, 7) is 1.14. The van der Waals surface area contributed by atoms with Gasteiger partial charge >= 0.3 is 0 Å². The molecular formula is C25H28N2O4. The number of hydrogen-bond acceptors (Lipinski definition) is 4. The zero-order valence-corrected chi connectivity index (χ0v) is 17.5. The molecule has 6 nitrogen and oxygen atoms in total. The number of carbonyl (C=O) groups is 3. The minimum absolute atomic E-state index is 0.0149. The molecule has 1 N–H and O–H groups in total. The molecule has 2 aliphatic heterocycles. The van der Waals surface area contributed by atoms with Crippen molar-refractivity contribution in [2.75, 3.05) is 13.2 Å². The first-order valence-corrected chi connectivity index (χ1v) is 11.6. The molecule has 0 unspecified atom stereocenters. The van der Waals surface area contributed by atoms with Gasteiger partial charge in [0.1, 0.15) is 6.04 Å². The van der Waals surface area contributed by atoms with Crippen LogP contribution in [0.1, 0.15) is 24.8 Å². The van der Waals surface area contributed by atoms with Crippen LogP contribution in [0.5, 0.6) is 0 Å². The molecule has 8 atom stereocenters. The molecule has 4 aliphatic carbocycles. The van der Waals surface area contributed by atoms with Crippen molar-refractivity contribution in [3.8, 4) is 0 Å². The van der Waals surface area contributed by atoms with E-state index in [0.29, 0.717) is 24.8 Å². The van der Waals surface area contributed by atoms with Gasteiger partial charge in [-0.1, -0.05) is 42.5 Å². The van der Waals surface area contributed by atoms with Crippen molar-refractivity contribution in [2.24, 2.45) is 35.5 Å². The van der Waals surface area contributed by atoms with Crippen LogP contribution < -0.4 is 5.32 Å². The molecular weight excluding hydrogens is 392 g/mol. The van der Waals surface area contributed by atoms with Crippen molar-refractivity contribution in [2.45, 2.75) is 37.8 Å². The molecule has 6 heteroatoms. The molecule has 31 heavy (non-hydrogen) atoms. The number of imide groups is 1. The lowest BCUT2D eigenvalue weighted by molar-refractivity contribution is -0.148. The maximum atomic E-state index is 13.6. The number of rotatable bonds is 6. The van der Waals surface area contributed by atoms with Crippen LogP contribution in [0, 0.1) is 35.5 Å². The third-order valence-electron chi connectivity index (χ3n) is 8.11. The Kier molecular flexibility index (Phi) is 4.53. The van der Waals surface area contributed by atoms with Crippen LogP contribution in [0.25, 0.3) is 0 Å². The van der Waals surface area contributed by atoms with E-state index in [1.807, 2.05) is 30.3 Å². The van der Waals surface area contributed by atoms with Crippen molar-refractivity contribution in [1.29, 1.82) is 0 Å². The van der Waals surface area contributed by atoms with Crippen LogP contribution in [-0.4, -0.2) is 47.9 Å². The molecule has 6 aliphatic rings. The van der Waals surface area contributed by atoms with Crippen LogP contribution in [0.3, 0.4) is 0 Å². The molecule has 3 amide bonds. The summed E-state index contributed by atoms with van der Waals surface area (Å²) in [5, 5.41) is 2.97. The molecule has 2 saturated carbocycles. The summed E-state index contributed by atoms with van der Waals surface area (Å²) in [4.78, 5) is 41.8. The van der Waals surface area contributed by atoms with Crippen LogP contribution in [0.15, 0.2) is 42.5 Å². The summed E-state index contributed by atoms with van der Waals surface area (Å²) < 4.78 is 5.63. The standard InChI is InChI=1S/C25H28N2O4/c28-23(26-13-15-7-4-10-31-15)20(11-14-5-2-1-3-6-14)27-24(29)21-16-8-9-17(19-12-18(16)19)22(21)25(27)30/h1-3,5-6,8-9,15-22H,4,7,10-13H2,(H,26,28)/t15-,16+,17+,18+,19+,20-,21-,22+/m0/s1. The average molecular weight is 421 g/mol. The van der Waals surface area contributed by atoms with Crippen molar-refractivity contribution >= 4 is 17.7 Å². The number of allylic oxidation sites excluding steroid dienone is 2. The fraction of sp³-hybridized carbons (Fsp3) is 0.560. The molecule has 162 valence electrons. The van der Waals surface area contributed by atoms with Gasteiger partial charge in [-0.15, -0.1) is 0 Å². The van der Waals surface area contributed by atoms with E-state index < -0.39 is 6.04 Å². The molecule has 0 aromatic heterocycles. The Morgan fingerprint density at radius 3 is 2.35 bits per heavy atom. The van der Waals surface area contributed by atoms with Gasteiger partial charge in [-0.05, 0) is 48.5 Å². The number of hydrogen-bond donors (Lipinski definition) is 1. The van der Waals surface area contributed by atoms with E-state index in [4.69, 9.17) is 4.74 Å². The lowest BCUT2D eigenvalue weighted by Gasteiger charge is -2.37. The van der Waals surface area contributed by atoms with Gasteiger partial charge in [0.2, 0.25) is 17.7 Å². The molecule has 0 radical (unpaired) electrons. The van der Waals surface area contributed by atoms with Crippen molar-refractivity contribution in [1.82, 2.24) is 10.2 Å². The smallest absolute Gasteiger partial charge is 0.243 e. The van der Waals surface area contributed by atoms with Crippen molar-refractivity contribution in [3.63, 3.8) is 0 Å². The van der Waals surface area contributed by atoms with Crippen LogP contribution in [0.2, 0.25) is 0 Å². The number of ether oxygens (including phenoxy) is 1. The summed E-state index contributed by atoms with van der Waals surface area (Å²) in [7, 11) is 0. The second-order valence-electron chi connectivity index (χ2n) is 9.79. The average Bonchev–Trinajstić information content (AvgIpc) is 3.38. The first kappa shape index (κ1) is 19.2. The predicted octanol–water partition coefficient (Wildman–Crippen LogP) is 1.95. The Hall–Kier alpha value is -2.47. The fourth-order valence-corrected chi connectivity index (χ4v) is 6.56. The zero-order chi connectivity index (χ0) is 21.1. The molecule has 2 bridgehead atoms. The summed E-state index contributed by atoms with van der Waals surface area (Å²) in [6, 6.07) is 8.83. The summed E-state index contributed by atoms with van der Waals surface area (Å²) in [5.41, 5.74) is 0.944. The van der Waals surface area contributed by atoms with Gasteiger partial charge in [-0.25, -0.2) is 0 Å². The number of benzene rings is 1. The number of nitrogens with one attached hydrogen (secondary N) is 1. The summed E-state index contributed by atoms with van der Waals surface area (Å²) in [6.07, 6.45) is 7.74.